The summed E-state index contributed by atoms with van der Waals surface area (Å²) < 4.78 is 16.0. The van der Waals surface area contributed by atoms with Gasteiger partial charge in [-0.05, 0) is 60.0 Å². The number of halogens is 1. The molecule has 0 amide bonds. The number of para-hydroxylation sites is 2. The molecule has 0 fully saturated rings. The number of aryl methyl sites for hydroxylation is 1. The van der Waals surface area contributed by atoms with Gasteiger partial charge in [-0.3, -0.25) is 0 Å². The molecule has 0 atom stereocenters. The molecule has 0 aliphatic rings. The summed E-state index contributed by atoms with van der Waals surface area (Å²) in [6.45, 7) is 2.08. The highest BCUT2D eigenvalue weighted by molar-refractivity contribution is 6.09. The van der Waals surface area contributed by atoms with Gasteiger partial charge in [-0.15, -0.1) is 0 Å². The summed E-state index contributed by atoms with van der Waals surface area (Å²) in [5.74, 6) is -0.215. The molecule has 2 heteroatoms. The van der Waals surface area contributed by atoms with E-state index in [1.807, 2.05) is 6.07 Å². The fourth-order valence-electron chi connectivity index (χ4n) is 3.93. The molecule has 0 saturated carbocycles. The van der Waals surface area contributed by atoms with Crippen LogP contribution in [0.15, 0.2) is 91.0 Å². The van der Waals surface area contributed by atoms with Crippen molar-refractivity contribution in [3.63, 3.8) is 0 Å². The number of nitrogens with zero attached hydrogens (tertiary/aromatic N) is 1. The molecule has 1 nitrogen and oxygen atoms in total. The third kappa shape index (κ3) is 2.61. The van der Waals surface area contributed by atoms with E-state index in [2.05, 4.69) is 78.2 Å². The van der Waals surface area contributed by atoms with Crippen LogP contribution in [-0.4, -0.2) is 4.57 Å². The summed E-state index contributed by atoms with van der Waals surface area (Å²) in [4.78, 5) is 0. The summed E-state index contributed by atoms with van der Waals surface area (Å²) in [7, 11) is 0. The van der Waals surface area contributed by atoms with Crippen LogP contribution in [0.25, 0.3) is 38.6 Å². The number of hydrogen-bond donors (Lipinski definition) is 0. The quantitative estimate of drug-likeness (QED) is 0.326. The van der Waals surface area contributed by atoms with Gasteiger partial charge in [0.2, 0.25) is 0 Å². The second-order valence-corrected chi connectivity index (χ2v) is 6.94. The molecule has 0 aliphatic carbocycles. The van der Waals surface area contributed by atoms with Crippen LogP contribution in [0.4, 0.5) is 4.39 Å². The molecule has 130 valence electrons. The summed E-state index contributed by atoms with van der Waals surface area (Å²) in [5.41, 5.74) is 6.50. The van der Waals surface area contributed by atoms with Crippen LogP contribution in [0, 0.1) is 12.7 Å². The SMILES string of the molecule is Cc1cc(-c2cccc(F)c2)cc(-n2c3ccccc3c3ccccc32)c1. The lowest BCUT2D eigenvalue weighted by Gasteiger charge is -2.12. The van der Waals surface area contributed by atoms with Crippen molar-refractivity contribution in [1.82, 2.24) is 4.57 Å². The van der Waals surface area contributed by atoms with E-state index < -0.39 is 0 Å². The molecule has 0 bridgehead atoms. The van der Waals surface area contributed by atoms with Crippen molar-refractivity contribution in [3.05, 3.63) is 102 Å². The topological polar surface area (TPSA) is 4.93 Å². The van der Waals surface area contributed by atoms with E-state index in [0.29, 0.717) is 0 Å². The molecular weight excluding hydrogens is 333 g/mol. The predicted molar refractivity (Wildman–Crippen MR) is 111 cm³/mol. The van der Waals surface area contributed by atoms with Gasteiger partial charge in [0.1, 0.15) is 5.82 Å². The largest absolute Gasteiger partial charge is 0.309 e. The van der Waals surface area contributed by atoms with E-state index in [9.17, 15) is 4.39 Å². The molecule has 0 aliphatic heterocycles. The van der Waals surface area contributed by atoms with Gasteiger partial charge in [0, 0.05) is 16.5 Å². The molecule has 0 unspecified atom stereocenters. The van der Waals surface area contributed by atoms with Crippen molar-refractivity contribution in [3.8, 4) is 16.8 Å². The van der Waals surface area contributed by atoms with Gasteiger partial charge >= 0.3 is 0 Å². The first-order chi connectivity index (χ1) is 13.2. The van der Waals surface area contributed by atoms with Crippen LogP contribution < -0.4 is 0 Å². The Morgan fingerprint density at radius 3 is 1.96 bits per heavy atom. The number of fused-ring (bicyclic) bond motifs is 3. The molecule has 5 rings (SSSR count). The fraction of sp³-hybridized carbons (Fsp3) is 0.0400. The fourth-order valence-corrected chi connectivity index (χ4v) is 3.93. The maximum absolute atomic E-state index is 13.7. The summed E-state index contributed by atoms with van der Waals surface area (Å²) in [6.07, 6.45) is 0. The van der Waals surface area contributed by atoms with Crippen LogP contribution in [0.3, 0.4) is 0 Å². The molecule has 4 aromatic carbocycles. The normalized spacial score (nSPS) is 11.3. The summed E-state index contributed by atoms with van der Waals surface area (Å²) in [5, 5.41) is 2.48. The number of rotatable bonds is 2. The van der Waals surface area contributed by atoms with Gasteiger partial charge < -0.3 is 4.57 Å². The highest BCUT2D eigenvalue weighted by atomic mass is 19.1. The average molecular weight is 351 g/mol. The van der Waals surface area contributed by atoms with Crippen molar-refractivity contribution in [2.75, 3.05) is 0 Å². The Balaban J connectivity index is 1.83. The second kappa shape index (κ2) is 6.10. The smallest absolute Gasteiger partial charge is 0.123 e. The monoisotopic (exact) mass is 351 g/mol. The summed E-state index contributed by atoms with van der Waals surface area (Å²) in [6, 6.07) is 30.1. The van der Waals surface area contributed by atoms with E-state index >= 15 is 0 Å². The Morgan fingerprint density at radius 1 is 0.630 bits per heavy atom. The van der Waals surface area contributed by atoms with E-state index in [1.54, 1.807) is 12.1 Å². The van der Waals surface area contributed by atoms with Gasteiger partial charge in [-0.25, -0.2) is 4.39 Å². The molecule has 5 aromatic rings. The molecule has 0 saturated heterocycles. The lowest BCUT2D eigenvalue weighted by atomic mass is 10.0. The highest BCUT2D eigenvalue weighted by Crippen LogP contribution is 2.33. The Hall–Kier alpha value is -3.39. The minimum atomic E-state index is -0.215. The minimum Gasteiger partial charge on any atom is -0.309 e. The first-order valence-electron chi connectivity index (χ1n) is 9.07. The molecule has 0 spiro atoms. The first-order valence-corrected chi connectivity index (χ1v) is 9.07. The Kier molecular flexibility index (Phi) is 3.58. The van der Waals surface area contributed by atoms with Crippen LogP contribution in [0.2, 0.25) is 0 Å². The molecule has 0 radical (unpaired) electrons. The highest BCUT2D eigenvalue weighted by Gasteiger charge is 2.12. The lowest BCUT2D eigenvalue weighted by Crippen LogP contribution is -1.95. The zero-order valence-corrected chi connectivity index (χ0v) is 15.0. The lowest BCUT2D eigenvalue weighted by molar-refractivity contribution is 0.628. The van der Waals surface area contributed by atoms with Gasteiger partial charge in [0.25, 0.3) is 0 Å². The number of aromatic nitrogens is 1. The van der Waals surface area contributed by atoms with Crippen molar-refractivity contribution in [2.45, 2.75) is 6.92 Å². The molecule has 0 N–H and O–H groups in total. The minimum absolute atomic E-state index is 0.215. The van der Waals surface area contributed by atoms with Gasteiger partial charge in [-0.2, -0.15) is 0 Å². The third-order valence-corrected chi connectivity index (χ3v) is 5.06. The van der Waals surface area contributed by atoms with E-state index in [0.717, 1.165) is 22.4 Å². The molecule has 27 heavy (non-hydrogen) atoms. The van der Waals surface area contributed by atoms with Crippen molar-refractivity contribution >= 4 is 21.8 Å². The van der Waals surface area contributed by atoms with Crippen molar-refractivity contribution in [2.24, 2.45) is 0 Å². The summed E-state index contributed by atoms with van der Waals surface area (Å²) >= 11 is 0. The van der Waals surface area contributed by atoms with Crippen molar-refractivity contribution in [1.29, 1.82) is 0 Å². The van der Waals surface area contributed by atoms with Crippen LogP contribution >= 0.6 is 0 Å². The maximum atomic E-state index is 13.7. The first kappa shape index (κ1) is 15.8. The van der Waals surface area contributed by atoms with Crippen LogP contribution in [0.5, 0.6) is 0 Å². The van der Waals surface area contributed by atoms with Crippen LogP contribution in [-0.2, 0) is 0 Å². The standard InChI is InChI=1S/C25H18FN/c1-17-13-19(18-7-6-8-20(26)15-18)16-21(14-17)27-24-11-4-2-9-22(24)23-10-3-5-12-25(23)27/h2-16H,1H3. The van der Waals surface area contributed by atoms with Crippen molar-refractivity contribution < 1.29 is 4.39 Å². The van der Waals surface area contributed by atoms with E-state index in [4.69, 9.17) is 0 Å². The number of hydrogen-bond acceptors (Lipinski definition) is 0. The van der Waals surface area contributed by atoms with Gasteiger partial charge in [0.15, 0.2) is 0 Å². The predicted octanol–water partition coefficient (Wildman–Crippen LogP) is 6.90. The van der Waals surface area contributed by atoms with Gasteiger partial charge in [-0.1, -0.05) is 54.6 Å². The van der Waals surface area contributed by atoms with Crippen LogP contribution in [0.1, 0.15) is 5.56 Å². The zero-order chi connectivity index (χ0) is 18.4. The average Bonchev–Trinajstić information content (AvgIpc) is 3.02. The molecular formula is C25H18FN. The molecule has 1 aromatic heterocycles. The Morgan fingerprint density at radius 2 is 1.30 bits per heavy atom. The second-order valence-electron chi connectivity index (χ2n) is 6.94. The zero-order valence-electron chi connectivity index (χ0n) is 15.0. The number of benzene rings is 4. The van der Waals surface area contributed by atoms with E-state index in [-0.39, 0.29) is 5.82 Å². The van der Waals surface area contributed by atoms with Gasteiger partial charge in [0.05, 0.1) is 11.0 Å². The van der Waals surface area contributed by atoms with E-state index in [1.165, 1.54) is 27.9 Å². The Bertz CT molecular complexity index is 1240. The maximum Gasteiger partial charge on any atom is 0.123 e. The molecule has 1 heterocycles. The third-order valence-electron chi connectivity index (χ3n) is 5.06. The Labute approximate surface area is 157 Å².